The molecule has 2 rings (SSSR count). The zero-order valence-corrected chi connectivity index (χ0v) is 9.88. The van der Waals surface area contributed by atoms with Crippen molar-refractivity contribution >= 4 is 23.9 Å². The van der Waals surface area contributed by atoms with Gasteiger partial charge in [-0.05, 0) is 18.0 Å². The van der Waals surface area contributed by atoms with Gasteiger partial charge < -0.3 is 5.01 Å². The van der Waals surface area contributed by atoms with Crippen molar-refractivity contribution in [2.45, 2.75) is 13.8 Å². The molecule has 0 saturated heterocycles. The molecule has 5 heteroatoms. The van der Waals surface area contributed by atoms with Crippen molar-refractivity contribution in [3.8, 4) is 0 Å². The fourth-order valence-corrected chi connectivity index (χ4v) is 1.93. The summed E-state index contributed by atoms with van der Waals surface area (Å²) in [6.45, 7) is 4.21. The Kier molecular flexibility index (Phi) is 2.67. The SMILES string of the molecule is CN1C=C(C2=NN=CC(C)(C)C=C2)SN1. The Labute approximate surface area is 93.9 Å². The van der Waals surface area contributed by atoms with Gasteiger partial charge >= 0.3 is 0 Å². The smallest absolute Gasteiger partial charge is 0.102 e. The lowest BCUT2D eigenvalue weighted by molar-refractivity contribution is 0.444. The minimum Gasteiger partial charge on any atom is -0.308 e. The van der Waals surface area contributed by atoms with E-state index in [-0.39, 0.29) is 5.41 Å². The second-order valence-electron chi connectivity index (χ2n) is 4.18. The maximum Gasteiger partial charge on any atom is 0.102 e. The molecule has 0 aliphatic carbocycles. The molecular formula is C10H14N4S. The van der Waals surface area contributed by atoms with Crippen LogP contribution in [0.5, 0.6) is 0 Å². The second kappa shape index (κ2) is 3.83. The average Bonchev–Trinajstić information content (AvgIpc) is 2.49. The lowest BCUT2D eigenvalue weighted by Crippen LogP contribution is -2.17. The van der Waals surface area contributed by atoms with Gasteiger partial charge in [-0.15, -0.1) is 0 Å². The number of hydrogen-bond donors (Lipinski definition) is 1. The van der Waals surface area contributed by atoms with Crippen LogP contribution >= 0.6 is 11.9 Å². The highest BCUT2D eigenvalue weighted by molar-refractivity contribution is 8.02. The monoisotopic (exact) mass is 222 g/mol. The van der Waals surface area contributed by atoms with Crippen LogP contribution in [0.1, 0.15) is 13.8 Å². The maximum absolute atomic E-state index is 4.18. The number of nitrogens with one attached hydrogen (secondary N) is 1. The van der Waals surface area contributed by atoms with Gasteiger partial charge in [0.2, 0.25) is 0 Å². The van der Waals surface area contributed by atoms with Gasteiger partial charge in [0.15, 0.2) is 0 Å². The van der Waals surface area contributed by atoms with Crippen molar-refractivity contribution in [2.75, 3.05) is 7.05 Å². The van der Waals surface area contributed by atoms with E-state index >= 15 is 0 Å². The molecule has 0 amide bonds. The molecule has 0 aromatic heterocycles. The molecule has 0 atom stereocenters. The molecule has 0 aromatic carbocycles. The predicted molar refractivity (Wildman–Crippen MR) is 65.4 cm³/mol. The van der Waals surface area contributed by atoms with E-state index < -0.39 is 0 Å². The van der Waals surface area contributed by atoms with Gasteiger partial charge in [0, 0.05) is 24.9 Å². The normalized spacial score (nSPS) is 23.8. The van der Waals surface area contributed by atoms with Crippen molar-refractivity contribution in [1.29, 1.82) is 0 Å². The largest absolute Gasteiger partial charge is 0.308 e. The number of rotatable bonds is 1. The van der Waals surface area contributed by atoms with E-state index in [1.807, 2.05) is 30.5 Å². The summed E-state index contributed by atoms with van der Waals surface area (Å²) in [6.07, 6.45) is 7.99. The molecule has 0 bridgehead atoms. The maximum atomic E-state index is 4.18. The number of hydrazine groups is 1. The van der Waals surface area contributed by atoms with Crippen molar-refractivity contribution < 1.29 is 0 Å². The molecule has 2 heterocycles. The molecule has 0 radical (unpaired) electrons. The molecule has 1 N–H and O–H groups in total. The second-order valence-corrected chi connectivity index (χ2v) is 5.01. The van der Waals surface area contributed by atoms with E-state index in [9.17, 15) is 0 Å². The van der Waals surface area contributed by atoms with Crippen molar-refractivity contribution in [3.05, 3.63) is 23.3 Å². The summed E-state index contributed by atoms with van der Waals surface area (Å²) in [4.78, 5) is 4.19. The Morgan fingerprint density at radius 2 is 2.27 bits per heavy atom. The summed E-state index contributed by atoms with van der Waals surface area (Å²) in [5.41, 5.74) is 0.882. The van der Waals surface area contributed by atoms with E-state index in [0.717, 1.165) is 10.6 Å². The van der Waals surface area contributed by atoms with Gasteiger partial charge in [0.1, 0.15) is 5.71 Å². The molecular weight excluding hydrogens is 208 g/mol. The third kappa shape index (κ3) is 2.49. The highest BCUT2D eigenvalue weighted by Crippen LogP contribution is 2.24. The van der Waals surface area contributed by atoms with Crippen molar-refractivity contribution in [2.24, 2.45) is 15.6 Å². The van der Waals surface area contributed by atoms with Crippen LogP contribution in [0, 0.1) is 5.41 Å². The molecule has 80 valence electrons. The zero-order valence-electron chi connectivity index (χ0n) is 9.06. The van der Waals surface area contributed by atoms with Crippen molar-refractivity contribution in [3.63, 3.8) is 0 Å². The zero-order chi connectivity index (χ0) is 10.9. The van der Waals surface area contributed by atoms with Crippen molar-refractivity contribution in [1.82, 2.24) is 9.84 Å². The van der Waals surface area contributed by atoms with E-state index in [2.05, 4.69) is 35.0 Å². The first-order valence-electron chi connectivity index (χ1n) is 4.76. The number of allylic oxidation sites excluding steroid dienone is 3. The van der Waals surface area contributed by atoms with Crippen LogP contribution in [-0.4, -0.2) is 24.0 Å². The van der Waals surface area contributed by atoms with Gasteiger partial charge in [0.25, 0.3) is 0 Å². The fourth-order valence-electron chi connectivity index (χ4n) is 1.21. The summed E-state index contributed by atoms with van der Waals surface area (Å²) >= 11 is 1.55. The predicted octanol–water partition coefficient (Wildman–Crippen LogP) is 1.95. The molecule has 0 saturated carbocycles. The summed E-state index contributed by atoms with van der Waals surface area (Å²) in [5.74, 6) is 0. The Bertz CT molecular complexity index is 379. The first-order valence-corrected chi connectivity index (χ1v) is 5.57. The highest BCUT2D eigenvalue weighted by atomic mass is 32.2. The molecule has 4 nitrogen and oxygen atoms in total. The summed E-state index contributed by atoms with van der Waals surface area (Å²) in [7, 11) is 1.95. The van der Waals surface area contributed by atoms with Gasteiger partial charge in [-0.25, -0.2) is 0 Å². The topological polar surface area (TPSA) is 40.0 Å². The van der Waals surface area contributed by atoms with E-state index in [0.29, 0.717) is 0 Å². The Hall–Kier alpha value is -1.07. The lowest BCUT2D eigenvalue weighted by Gasteiger charge is -2.10. The van der Waals surface area contributed by atoms with E-state index in [1.165, 1.54) is 0 Å². The van der Waals surface area contributed by atoms with Crippen LogP contribution in [0.2, 0.25) is 0 Å². The van der Waals surface area contributed by atoms with Gasteiger partial charge in [0.05, 0.1) is 4.91 Å². The summed E-state index contributed by atoms with van der Waals surface area (Å²) in [5, 5.41) is 10.2. The minimum absolute atomic E-state index is 0.0194. The molecule has 2 aliphatic rings. The van der Waals surface area contributed by atoms with Gasteiger partial charge in [-0.3, -0.25) is 0 Å². The van der Waals surface area contributed by atoms with Crippen LogP contribution in [0.3, 0.4) is 0 Å². The Balaban J connectivity index is 2.22. The molecule has 0 fully saturated rings. The number of nitrogens with zero attached hydrogens (tertiary/aromatic N) is 3. The molecule has 0 unspecified atom stereocenters. The lowest BCUT2D eigenvalue weighted by atomic mass is 9.95. The van der Waals surface area contributed by atoms with E-state index in [4.69, 9.17) is 0 Å². The van der Waals surface area contributed by atoms with E-state index in [1.54, 1.807) is 11.9 Å². The van der Waals surface area contributed by atoms with Crippen LogP contribution in [0.4, 0.5) is 0 Å². The Morgan fingerprint density at radius 3 is 2.93 bits per heavy atom. The van der Waals surface area contributed by atoms with Gasteiger partial charge in [-0.2, -0.15) is 15.0 Å². The Morgan fingerprint density at radius 1 is 1.47 bits per heavy atom. The minimum atomic E-state index is -0.0194. The first kappa shape index (κ1) is 10.4. The fraction of sp³-hybridized carbons (Fsp3) is 0.400. The van der Waals surface area contributed by atoms with Crippen LogP contribution in [-0.2, 0) is 0 Å². The summed E-state index contributed by atoms with van der Waals surface area (Å²) < 4.78 is 0. The third-order valence-electron chi connectivity index (χ3n) is 2.09. The van der Waals surface area contributed by atoms with Crippen LogP contribution in [0.25, 0.3) is 0 Å². The highest BCUT2D eigenvalue weighted by Gasteiger charge is 2.17. The quantitative estimate of drug-likeness (QED) is 0.689. The summed E-state index contributed by atoms with van der Waals surface area (Å²) in [6, 6.07) is 0. The average molecular weight is 222 g/mol. The molecule has 0 spiro atoms. The molecule has 2 aliphatic heterocycles. The van der Waals surface area contributed by atoms with Gasteiger partial charge in [-0.1, -0.05) is 19.9 Å². The standard InChI is InChI=1S/C10H14N4S/c1-10(2)5-4-8(12-11-7-10)9-6-14(3)13-15-9/h4-7,13H,1-3H3. The van der Waals surface area contributed by atoms with Crippen LogP contribution in [0.15, 0.2) is 33.5 Å². The number of hydrogen-bond acceptors (Lipinski definition) is 5. The first-order chi connectivity index (χ1) is 7.07. The molecule has 0 aromatic rings. The third-order valence-corrected chi connectivity index (χ3v) is 3.00. The van der Waals surface area contributed by atoms with Crippen LogP contribution < -0.4 is 4.83 Å². The molecule has 15 heavy (non-hydrogen) atoms.